The second-order valence-corrected chi connectivity index (χ2v) is 4.19. The molecule has 0 saturated heterocycles. The fourth-order valence-electron chi connectivity index (χ4n) is 1.51. The molecule has 19 heavy (non-hydrogen) atoms. The van der Waals surface area contributed by atoms with E-state index in [2.05, 4.69) is 5.32 Å². The quantitative estimate of drug-likeness (QED) is 0.510. The van der Waals surface area contributed by atoms with Crippen LogP contribution in [0.5, 0.6) is 0 Å². The number of benzene rings is 2. The standard InChI is InChI=1S/C12H9ClFN3O2/c13-9-5-7(1-3-10(9)14)16-12-4-2-8(17(18)19)6-11(12)15/h1-6,16H,15H2. The molecule has 0 amide bonds. The van der Waals surface area contributed by atoms with Crippen LogP contribution in [0.15, 0.2) is 36.4 Å². The molecule has 0 bridgehead atoms. The summed E-state index contributed by atoms with van der Waals surface area (Å²) >= 11 is 5.65. The zero-order chi connectivity index (χ0) is 14.0. The van der Waals surface area contributed by atoms with Gasteiger partial charge in [-0.3, -0.25) is 10.1 Å². The van der Waals surface area contributed by atoms with Gasteiger partial charge >= 0.3 is 0 Å². The number of hydrogen-bond donors (Lipinski definition) is 2. The number of nitro groups is 1. The molecule has 2 rings (SSSR count). The van der Waals surface area contributed by atoms with E-state index in [1.807, 2.05) is 0 Å². The molecule has 0 atom stereocenters. The number of nitrogens with two attached hydrogens (primary N) is 1. The van der Waals surface area contributed by atoms with Gasteiger partial charge in [0.05, 0.1) is 21.3 Å². The molecule has 3 N–H and O–H groups in total. The van der Waals surface area contributed by atoms with Crippen molar-refractivity contribution < 1.29 is 9.31 Å². The van der Waals surface area contributed by atoms with Gasteiger partial charge in [0.2, 0.25) is 0 Å². The second-order valence-electron chi connectivity index (χ2n) is 3.78. The Balaban J connectivity index is 2.28. The van der Waals surface area contributed by atoms with Gasteiger partial charge in [0.15, 0.2) is 0 Å². The van der Waals surface area contributed by atoms with Crippen LogP contribution in [0.3, 0.4) is 0 Å². The van der Waals surface area contributed by atoms with Gasteiger partial charge in [-0.1, -0.05) is 11.6 Å². The number of anilines is 3. The van der Waals surface area contributed by atoms with Crippen LogP contribution in [0.1, 0.15) is 0 Å². The largest absolute Gasteiger partial charge is 0.397 e. The maximum atomic E-state index is 13.0. The zero-order valence-electron chi connectivity index (χ0n) is 9.56. The van der Waals surface area contributed by atoms with Gasteiger partial charge in [-0.15, -0.1) is 0 Å². The third-order valence-corrected chi connectivity index (χ3v) is 2.73. The summed E-state index contributed by atoms with van der Waals surface area (Å²) in [6, 6.07) is 8.15. The summed E-state index contributed by atoms with van der Waals surface area (Å²) in [7, 11) is 0. The molecule has 2 aromatic carbocycles. The highest BCUT2D eigenvalue weighted by molar-refractivity contribution is 6.31. The lowest BCUT2D eigenvalue weighted by molar-refractivity contribution is -0.384. The molecule has 7 heteroatoms. The number of hydrogen-bond acceptors (Lipinski definition) is 4. The molecule has 0 aromatic heterocycles. The van der Waals surface area contributed by atoms with E-state index in [1.165, 1.54) is 36.4 Å². The van der Waals surface area contributed by atoms with Crippen molar-refractivity contribution >= 4 is 34.4 Å². The van der Waals surface area contributed by atoms with Gasteiger partial charge in [0, 0.05) is 17.8 Å². The normalized spacial score (nSPS) is 10.2. The number of nitro benzene ring substituents is 1. The first-order valence-electron chi connectivity index (χ1n) is 5.23. The van der Waals surface area contributed by atoms with Crippen molar-refractivity contribution in [2.45, 2.75) is 0 Å². The highest BCUT2D eigenvalue weighted by Gasteiger charge is 2.09. The highest BCUT2D eigenvalue weighted by Crippen LogP contribution is 2.28. The summed E-state index contributed by atoms with van der Waals surface area (Å²) in [5, 5.41) is 13.5. The fourth-order valence-corrected chi connectivity index (χ4v) is 1.69. The Hall–Kier alpha value is -2.34. The average Bonchev–Trinajstić information content (AvgIpc) is 2.36. The maximum Gasteiger partial charge on any atom is 0.271 e. The summed E-state index contributed by atoms with van der Waals surface area (Å²) in [6.45, 7) is 0. The van der Waals surface area contributed by atoms with Gasteiger partial charge < -0.3 is 11.1 Å². The average molecular weight is 282 g/mol. The summed E-state index contributed by atoms with van der Waals surface area (Å²) in [5.41, 5.74) is 6.84. The molecule has 0 aliphatic rings. The van der Waals surface area contributed by atoms with E-state index in [0.29, 0.717) is 11.4 Å². The van der Waals surface area contributed by atoms with E-state index >= 15 is 0 Å². The molecule has 98 valence electrons. The summed E-state index contributed by atoms with van der Waals surface area (Å²) in [4.78, 5) is 10.0. The Morgan fingerprint density at radius 3 is 2.58 bits per heavy atom. The third kappa shape index (κ3) is 2.92. The molecule has 0 unspecified atom stereocenters. The molecular weight excluding hydrogens is 273 g/mol. The molecule has 0 spiro atoms. The van der Waals surface area contributed by atoms with Gasteiger partial charge in [-0.2, -0.15) is 0 Å². The lowest BCUT2D eigenvalue weighted by Gasteiger charge is -2.09. The number of nitrogens with one attached hydrogen (secondary N) is 1. The van der Waals surface area contributed by atoms with E-state index < -0.39 is 10.7 Å². The zero-order valence-corrected chi connectivity index (χ0v) is 10.3. The number of non-ortho nitro benzene ring substituents is 1. The Morgan fingerprint density at radius 2 is 2.00 bits per heavy atom. The molecule has 2 aromatic rings. The lowest BCUT2D eigenvalue weighted by Crippen LogP contribution is -1.98. The first-order chi connectivity index (χ1) is 8.97. The van der Waals surface area contributed by atoms with Crippen LogP contribution in [-0.2, 0) is 0 Å². The highest BCUT2D eigenvalue weighted by atomic mass is 35.5. The molecule has 0 heterocycles. The van der Waals surface area contributed by atoms with Crippen molar-refractivity contribution in [2.75, 3.05) is 11.1 Å². The summed E-state index contributed by atoms with van der Waals surface area (Å²) in [5.74, 6) is -0.524. The van der Waals surface area contributed by atoms with Crippen molar-refractivity contribution in [3.8, 4) is 0 Å². The second kappa shape index (κ2) is 5.11. The minimum atomic E-state index is -0.533. The molecular formula is C12H9ClFN3O2. The van der Waals surface area contributed by atoms with E-state index in [0.717, 1.165) is 0 Å². The van der Waals surface area contributed by atoms with Crippen molar-refractivity contribution in [3.63, 3.8) is 0 Å². The van der Waals surface area contributed by atoms with E-state index in [1.54, 1.807) is 0 Å². The Morgan fingerprint density at radius 1 is 1.26 bits per heavy atom. The van der Waals surface area contributed by atoms with Crippen LogP contribution in [0.4, 0.5) is 27.1 Å². The molecule has 0 aliphatic carbocycles. The van der Waals surface area contributed by atoms with Crippen molar-refractivity contribution in [3.05, 3.63) is 57.4 Å². The number of nitrogen functional groups attached to an aromatic ring is 1. The maximum absolute atomic E-state index is 13.0. The predicted molar refractivity (Wildman–Crippen MR) is 72.2 cm³/mol. The smallest absolute Gasteiger partial charge is 0.271 e. The molecule has 0 radical (unpaired) electrons. The first-order valence-corrected chi connectivity index (χ1v) is 5.61. The van der Waals surface area contributed by atoms with E-state index in [9.17, 15) is 14.5 Å². The van der Waals surface area contributed by atoms with Gasteiger partial charge in [-0.05, 0) is 24.3 Å². The van der Waals surface area contributed by atoms with Crippen molar-refractivity contribution in [2.24, 2.45) is 0 Å². The van der Waals surface area contributed by atoms with Crippen LogP contribution >= 0.6 is 11.6 Å². The molecule has 5 nitrogen and oxygen atoms in total. The monoisotopic (exact) mass is 281 g/mol. The van der Waals surface area contributed by atoms with Gasteiger partial charge in [-0.25, -0.2) is 4.39 Å². The molecule has 0 aliphatic heterocycles. The fraction of sp³-hybridized carbons (Fsp3) is 0. The predicted octanol–water partition coefficient (Wildman–Crippen LogP) is 3.71. The van der Waals surface area contributed by atoms with E-state index in [-0.39, 0.29) is 16.4 Å². The number of nitrogens with zero attached hydrogens (tertiary/aromatic N) is 1. The Bertz CT molecular complexity index is 649. The van der Waals surface area contributed by atoms with Crippen LogP contribution in [0.2, 0.25) is 5.02 Å². The minimum absolute atomic E-state index is 0.0227. The number of rotatable bonds is 3. The van der Waals surface area contributed by atoms with Crippen LogP contribution in [0, 0.1) is 15.9 Å². The minimum Gasteiger partial charge on any atom is -0.397 e. The summed E-state index contributed by atoms with van der Waals surface area (Å²) < 4.78 is 13.0. The topological polar surface area (TPSA) is 81.2 Å². The Kier molecular flexibility index (Phi) is 3.52. The van der Waals surface area contributed by atoms with Crippen LogP contribution in [-0.4, -0.2) is 4.92 Å². The van der Waals surface area contributed by atoms with Crippen LogP contribution in [0.25, 0.3) is 0 Å². The first kappa shape index (κ1) is 13.1. The Labute approximate surface area is 113 Å². The lowest BCUT2D eigenvalue weighted by atomic mass is 10.2. The van der Waals surface area contributed by atoms with Gasteiger partial charge in [0.1, 0.15) is 5.82 Å². The van der Waals surface area contributed by atoms with Crippen molar-refractivity contribution in [1.29, 1.82) is 0 Å². The van der Waals surface area contributed by atoms with Gasteiger partial charge in [0.25, 0.3) is 5.69 Å². The van der Waals surface area contributed by atoms with Crippen LogP contribution < -0.4 is 11.1 Å². The SMILES string of the molecule is Nc1cc([N+](=O)[O-])ccc1Nc1ccc(F)c(Cl)c1. The number of halogens is 2. The molecule has 0 fully saturated rings. The van der Waals surface area contributed by atoms with E-state index in [4.69, 9.17) is 17.3 Å². The molecule has 0 saturated carbocycles. The summed E-state index contributed by atoms with van der Waals surface area (Å²) in [6.07, 6.45) is 0. The van der Waals surface area contributed by atoms with Crippen molar-refractivity contribution in [1.82, 2.24) is 0 Å². The third-order valence-electron chi connectivity index (χ3n) is 2.44.